The highest BCUT2D eigenvalue weighted by Gasteiger charge is 2.22. The zero-order valence-corrected chi connectivity index (χ0v) is 30.2. The number of pyridine rings is 1. The first-order valence-corrected chi connectivity index (χ1v) is 18.8. The van der Waals surface area contributed by atoms with Gasteiger partial charge in [0.1, 0.15) is 16.9 Å². The van der Waals surface area contributed by atoms with Crippen LogP contribution < -0.4 is 0 Å². The molecule has 0 fully saturated rings. The van der Waals surface area contributed by atoms with Crippen molar-refractivity contribution in [1.29, 1.82) is 0 Å². The fourth-order valence-electron chi connectivity index (χ4n) is 7.98. The van der Waals surface area contributed by atoms with Crippen LogP contribution in [0.2, 0.25) is 0 Å². The van der Waals surface area contributed by atoms with Crippen molar-refractivity contribution >= 4 is 38.2 Å². The molecule has 0 aliphatic rings. The Morgan fingerprint density at radius 1 is 0.429 bits per heavy atom. The van der Waals surface area contributed by atoms with Crippen LogP contribution in [0.5, 0.6) is 0 Å². The van der Waals surface area contributed by atoms with Crippen molar-refractivity contribution in [3.8, 4) is 67.5 Å². The summed E-state index contributed by atoms with van der Waals surface area (Å²) in [5.41, 5.74) is 13.5. The Morgan fingerprint density at radius 3 is 1.73 bits per heavy atom. The molecule has 4 heterocycles. The zero-order valence-electron chi connectivity index (χ0n) is 30.2. The van der Waals surface area contributed by atoms with E-state index in [9.17, 15) is 0 Å². The van der Waals surface area contributed by atoms with E-state index in [2.05, 4.69) is 150 Å². The summed E-state index contributed by atoms with van der Waals surface area (Å²) in [6.07, 6.45) is 0. The Labute approximate surface area is 322 Å². The molecule has 0 aliphatic heterocycles. The van der Waals surface area contributed by atoms with E-state index < -0.39 is 0 Å². The second-order valence-electron chi connectivity index (χ2n) is 14.0. The summed E-state index contributed by atoms with van der Waals surface area (Å²) in [6.45, 7) is 0. The highest BCUT2D eigenvalue weighted by Crippen LogP contribution is 2.42. The molecule has 11 rings (SSSR count). The molecule has 0 aliphatic carbocycles. The fourth-order valence-corrected chi connectivity index (χ4v) is 7.98. The van der Waals surface area contributed by atoms with Crippen LogP contribution in [0.15, 0.2) is 199 Å². The molecule has 56 heavy (non-hydrogen) atoms. The summed E-state index contributed by atoms with van der Waals surface area (Å²) in [7, 11) is 0. The minimum absolute atomic E-state index is 0.615. The third-order valence-electron chi connectivity index (χ3n) is 10.6. The van der Waals surface area contributed by atoms with Crippen molar-refractivity contribution in [2.45, 2.75) is 0 Å². The average Bonchev–Trinajstić information content (AvgIpc) is 3.87. The Kier molecular flexibility index (Phi) is 7.42. The summed E-state index contributed by atoms with van der Waals surface area (Å²) in [5.74, 6) is 0.615. The van der Waals surface area contributed by atoms with E-state index in [0.29, 0.717) is 5.82 Å². The number of fused-ring (bicyclic) bond motifs is 6. The molecule has 0 N–H and O–H groups in total. The monoisotopic (exact) mass is 716 g/mol. The van der Waals surface area contributed by atoms with Crippen LogP contribution in [0.3, 0.4) is 0 Å². The highest BCUT2D eigenvalue weighted by molar-refractivity contribution is 6.10. The Bertz CT molecular complexity index is 3220. The second kappa shape index (κ2) is 13.0. The molecule has 0 saturated heterocycles. The Morgan fingerprint density at radius 2 is 1.00 bits per heavy atom. The molecule has 0 amide bonds. The molecule has 11 aromatic rings. The van der Waals surface area contributed by atoms with E-state index in [1.165, 1.54) is 0 Å². The summed E-state index contributed by atoms with van der Waals surface area (Å²) < 4.78 is 8.58. The molecule has 0 saturated carbocycles. The topological polar surface area (TPSA) is 56.2 Å². The lowest BCUT2D eigenvalue weighted by atomic mass is 9.95. The maximum Gasteiger partial charge on any atom is 0.164 e. The van der Waals surface area contributed by atoms with Gasteiger partial charge >= 0.3 is 0 Å². The van der Waals surface area contributed by atoms with Gasteiger partial charge in [0, 0.05) is 44.0 Å². The van der Waals surface area contributed by atoms with E-state index >= 15 is 0 Å². The van der Waals surface area contributed by atoms with Gasteiger partial charge in [0.2, 0.25) is 0 Å². The number of benzene rings is 7. The van der Waals surface area contributed by atoms with Crippen molar-refractivity contribution in [2.24, 2.45) is 0 Å². The number of hydrogen-bond acceptors (Lipinski definition) is 4. The molecule has 262 valence electrons. The number of hydrogen-bond donors (Lipinski definition) is 0. The van der Waals surface area contributed by atoms with Crippen molar-refractivity contribution in [1.82, 2.24) is 19.6 Å². The number of para-hydroxylation sites is 2. The van der Waals surface area contributed by atoms with Gasteiger partial charge in [-0.05, 0) is 35.2 Å². The van der Waals surface area contributed by atoms with Crippen LogP contribution in [0.4, 0.5) is 0 Å². The van der Waals surface area contributed by atoms with Gasteiger partial charge in [-0.2, -0.15) is 5.10 Å². The Balaban J connectivity index is 1.11. The van der Waals surface area contributed by atoms with E-state index in [4.69, 9.17) is 19.5 Å². The molecule has 4 aromatic heterocycles. The van der Waals surface area contributed by atoms with Crippen molar-refractivity contribution in [2.75, 3.05) is 0 Å². The second-order valence-corrected chi connectivity index (χ2v) is 14.0. The van der Waals surface area contributed by atoms with E-state index in [1.54, 1.807) is 0 Å². The van der Waals surface area contributed by atoms with Gasteiger partial charge in [0.15, 0.2) is 5.82 Å². The molecule has 5 heteroatoms. The molecule has 0 spiro atoms. The number of rotatable bonds is 6. The summed E-state index contributed by atoms with van der Waals surface area (Å²) in [6, 6.07) is 67.3. The largest absolute Gasteiger partial charge is 0.455 e. The van der Waals surface area contributed by atoms with Gasteiger partial charge in [0.05, 0.1) is 28.2 Å². The SMILES string of the molecule is c1ccc(-c2cc(-c3ccc(-c4c(-c5ccccc5)nn5c(-c6ccccc6)cc6ccccc6c45)cc3)nc(-c3cccc4c3oc3ccccc34)n2)cc1. The average molecular weight is 717 g/mol. The maximum absolute atomic E-state index is 6.45. The van der Waals surface area contributed by atoms with Gasteiger partial charge in [-0.3, -0.25) is 0 Å². The quantitative estimate of drug-likeness (QED) is 0.172. The minimum Gasteiger partial charge on any atom is -0.455 e. The minimum atomic E-state index is 0.615. The highest BCUT2D eigenvalue weighted by atomic mass is 16.3. The molecular formula is C51H32N4O. The van der Waals surface area contributed by atoms with Gasteiger partial charge in [-0.15, -0.1) is 0 Å². The van der Waals surface area contributed by atoms with E-state index in [1.807, 2.05) is 48.5 Å². The van der Waals surface area contributed by atoms with Crippen LogP contribution in [-0.4, -0.2) is 19.6 Å². The number of furan rings is 1. The van der Waals surface area contributed by atoms with Crippen molar-refractivity contribution in [3.63, 3.8) is 0 Å². The van der Waals surface area contributed by atoms with Crippen LogP contribution in [0, 0.1) is 0 Å². The summed E-state index contributed by atoms with van der Waals surface area (Å²) >= 11 is 0. The lowest BCUT2D eigenvalue weighted by Crippen LogP contribution is -1.96. The van der Waals surface area contributed by atoms with Crippen molar-refractivity contribution < 1.29 is 4.42 Å². The maximum atomic E-state index is 6.45. The third kappa shape index (κ3) is 5.29. The molecule has 0 unspecified atom stereocenters. The lowest BCUT2D eigenvalue weighted by Gasteiger charge is -2.12. The van der Waals surface area contributed by atoms with Crippen LogP contribution in [0.25, 0.3) is 106 Å². The first-order valence-electron chi connectivity index (χ1n) is 18.8. The van der Waals surface area contributed by atoms with E-state index in [0.717, 1.165) is 99.9 Å². The normalized spacial score (nSPS) is 11.6. The molecule has 0 atom stereocenters. The van der Waals surface area contributed by atoms with E-state index in [-0.39, 0.29) is 0 Å². The van der Waals surface area contributed by atoms with Gasteiger partial charge in [-0.1, -0.05) is 170 Å². The van der Waals surface area contributed by atoms with Crippen molar-refractivity contribution in [3.05, 3.63) is 194 Å². The van der Waals surface area contributed by atoms with Gasteiger partial charge in [0.25, 0.3) is 0 Å². The Hall–Kier alpha value is -7.63. The third-order valence-corrected chi connectivity index (χ3v) is 10.6. The molecule has 0 bridgehead atoms. The number of aromatic nitrogens is 4. The molecular weight excluding hydrogens is 685 g/mol. The first kappa shape index (κ1) is 31.9. The number of nitrogens with zero attached hydrogens (tertiary/aromatic N) is 4. The first-order chi connectivity index (χ1) is 27.8. The molecule has 0 radical (unpaired) electrons. The molecule has 7 aromatic carbocycles. The zero-order chi connectivity index (χ0) is 37.0. The van der Waals surface area contributed by atoms with Crippen LogP contribution in [0.1, 0.15) is 0 Å². The molecule has 5 nitrogen and oxygen atoms in total. The standard InChI is InChI=1S/C51H32N4O/c1-4-15-33(16-5-1)43-32-44(53-51(52-43)42-25-14-24-41-40-23-12-13-26-46(40)56-50(41)42)34-27-29-36(30-28-34)47-48(37-19-8-3-9-20-37)54-55-45(35-17-6-2-7-18-35)31-38-21-10-11-22-39(38)49(47)55/h1-32H. The smallest absolute Gasteiger partial charge is 0.164 e. The summed E-state index contributed by atoms with van der Waals surface area (Å²) in [5, 5.41) is 9.82. The predicted molar refractivity (Wildman–Crippen MR) is 228 cm³/mol. The predicted octanol–water partition coefficient (Wildman–Crippen LogP) is 13.2. The van der Waals surface area contributed by atoms with Gasteiger partial charge < -0.3 is 4.42 Å². The lowest BCUT2D eigenvalue weighted by molar-refractivity contribution is 0.669. The van der Waals surface area contributed by atoms with Gasteiger partial charge in [-0.25, -0.2) is 14.5 Å². The summed E-state index contributed by atoms with van der Waals surface area (Å²) in [4.78, 5) is 10.4. The van der Waals surface area contributed by atoms with Crippen LogP contribution in [-0.2, 0) is 0 Å². The van der Waals surface area contributed by atoms with Crippen LogP contribution >= 0.6 is 0 Å². The fraction of sp³-hybridized carbons (Fsp3) is 0.